The average Bonchev–Trinajstić information content (AvgIpc) is 2.80. The van der Waals surface area contributed by atoms with Crippen LogP contribution in [0.4, 0.5) is 0 Å². The van der Waals surface area contributed by atoms with Gasteiger partial charge >= 0.3 is 0 Å². The maximum Gasteiger partial charge on any atom is 0.209 e. The summed E-state index contributed by atoms with van der Waals surface area (Å²) in [6.45, 7) is 3.18. The summed E-state index contributed by atoms with van der Waals surface area (Å²) in [6.07, 6.45) is -7.43. The van der Waals surface area contributed by atoms with Crippen LogP contribution < -0.4 is 0 Å². The van der Waals surface area contributed by atoms with E-state index in [2.05, 4.69) is 6.58 Å². The molecule has 0 aromatic carbocycles. The summed E-state index contributed by atoms with van der Waals surface area (Å²) in [6, 6.07) is 0. The molecule has 0 aromatic heterocycles. The van der Waals surface area contributed by atoms with Gasteiger partial charge in [0, 0.05) is 5.92 Å². The van der Waals surface area contributed by atoms with Crippen LogP contribution in [-0.4, -0.2) is 86.4 Å². The topological polar surface area (TPSA) is 149 Å². The van der Waals surface area contributed by atoms with Crippen molar-refractivity contribution in [1.29, 1.82) is 0 Å². The minimum atomic E-state index is -1.57. The van der Waals surface area contributed by atoms with Gasteiger partial charge in [0.05, 0.1) is 24.9 Å². The molecule has 136 valence electrons. The van der Waals surface area contributed by atoms with Gasteiger partial charge in [-0.15, -0.1) is 0 Å². The molecule has 3 rings (SSSR count). The molecule has 9 heteroatoms. The molecule has 24 heavy (non-hydrogen) atoms. The predicted molar refractivity (Wildman–Crippen MR) is 77.0 cm³/mol. The van der Waals surface area contributed by atoms with Crippen LogP contribution in [0.15, 0.2) is 24.5 Å². The van der Waals surface area contributed by atoms with Gasteiger partial charge in [0.1, 0.15) is 30.5 Å². The summed E-state index contributed by atoms with van der Waals surface area (Å²) in [5.41, 5.74) is 0.325. The highest BCUT2D eigenvalue weighted by molar-refractivity contribution is 5.24. The monoisotopic (exact) mass is 346 g/mol. The van der Waals surface area contributed by atoms with E-state index in [-0.39, 0.29) is 0 Å². The number of aliphatic hydroxyl groups excluding tert-OH is 6. The van der Waals surface area contributed by atoms with E-state index in [9.17, 15) is 30.6 Å². The molecule has 9 nitrogen and oxygen atoms in total. The van der Waals surface area contributed by atoms with Crippen molar-refractivity contribution in [1.82, 2.24) is 0 Å². The molecule has 1 saturated carbocycles. The fourth-order valence-corrected chi connectivity index (χ4v) is 3.40. The van der Waals surface area contributed by atoms with E-state index in [0.29, 0.717) is 5.57 Å². The van der Waals surface area contributed by atoms with Gasteiger partial charge < -0.3 is 44.8 Å². The summed E-state index contributed by atoms with van der Waals surface area (Å²) < 4.78 is 16.2. The highest BCUT2D eigenvalue weighted by Gasteiger charge is 2.52. The first-order chi connectivity index (χ1) is 11.4. The molecule has 6 N–H and O–H groups in total. The number of fused-ring (bicyclic) bond motifs is 1. The van der Waals surface area contributed by atoms with Crippen molar-refractivity contribution in [3.63, 3.8) is 0 Å². The standard InChI is InChI=1S/C15H22O9/c1-5-8-6(10(18)9(5)17)2-3-22-14(8)24-15-13(21)12(20)11(19)7(4-16)23-15/h2-3,6-21H,1,4H2/t6-,7-,8-,9-,10+,11-,12+,13-,14+,15+/m1/s1. The van der Waals surface area contributed by atoms with Crippen molar-refractivity contribution in [2.75, 3.05) is 6.61 Å². The minimum Gasteiger partial charge on any atom is -0.472 e. The Bertz CT molecular complexity index is 507. The third kappa shape index (κ3) is 2.76. The number of aliphatic hydroxyl groups is 6. The van der Waals surface area contributed by atoms with Crippen molar-refractivity contribution in [2.24, 2.45) is 11.8 Å². The number of hydrogen-bond donors (Lipinski definition) is 6. The third-order valence-corrected chi connectivity index (χ3v) is 4.86. The van der Waals surface area contributed by atoms with Gasteiger partial charge in [0.25, 0.3) is 0 Å². The van der Waals surface area contributed by atoms with Crippen LogP contribution in [0.3, 0.4) is 0 Å². The Morgan fingerprint density at radius 1 is 1.00 bits per heavy atom. The van der Waals surface area contributed by atoms with E-state index in [1.165, 1.54) is 6.26 Å². The molecular formula is C15H22O9. The summed E-state index contributed by atoms with van der Waals surface area (Å²) in [5, 5.41) is 58.8. The zero-order valence-electron chi connectivity index (χ0n) is 12.8. The summed E-state index contributed by atoms with van der Waals surface area (Å²) in [4.78, 5) is 0. The smallest absolute Gasteiger partial charge is 0.209 e. The summed E-state index contributed by atoms with van der Waals surface area (Å²) >= 11 is 0. The molecule has 1 aliphatic carbocycles. The lowest BCUT2D eigenvalue weighted by Gasteiger charge is -2.42. The molecule has 2 aliphatic heterocycles. The lowest BCUT2D eigenvalue weighted by molar-refractivity contribution is -0.339. The van der Waals surface area contributed by atoms with E-state index in [1.54, 1.807) is 6.08 Å². The lowest BCUT2D eigenvalue weighted by Crippen LogP contribution is -2.60. The molecule has 2 fully saturated rings. The summed E-state index contributed by atoms with van der Waals surface area (Å²) in [5.74, 6) is -1.05. The Kier molecular flexibility index (Phi) is 4.96. The van der Waals surface area contributed by atoms with Gasteiger partial charge in [-0.05, 0) is 11.6 Å². The molecule has 0 aromatic rings. The van der Waals surface area contributed by atoms with Crippen LogP contribution in [0.5, 0.6) is 0 Å². The van der Waals surface area contributed by atoms with Crippen molar-refractivity contribution in [2.45, 2.75) is 49.2 Å². The highest BCUT2D eigenvalue weighted by atomic mass is 16.8. The van der Waals surface area contributed by atoms with Crippen molar-refractivity contribution in [3.8, 4) is 0 Å². The first-order valence-corrected chi connectivity index (χ1v) is 7.69. The predicted octanol–water partition coefficient (Wildman–Crippen LogP) is -2.80. The first kappa shape index (κ1) is 17.8. The van der Waals surface area contributed by atoms with Gasteiger partial charge in [0.15, 0.2) is 6.29 Å². The van der Waals surface area contributed by atoms with Gasteiger partial charge in [-0.25, -0.2) is 0 Å². The quantitative estimate of drug-likeness (QED) is 0.298. The Labute approximate surface area is 138 Å². The third-order valence-electron chi connectivity index (χ3n) is 4.86. The van der Waals surface area contributed by atoms with Crippen LogP contribution in [0, 0.1) is 11.8 Å². The molecule has 0 bridgehead atoms. The van der Waals surface area contributed by atoms with E-state index in [1.807, 2.05) is 0 Å². The van der Waals surface area contributed by atoms with Gasteiger partial charge in [0.2, 0.25) is 6.29 Å². The molecule has 0 amide bonds. The first-order valence-electron chi connectivity index (χ1n) is 7.69. The maximum absolute atomic E-state index is 10.0. The molecular weight excluding hydrogens is 324 g/mol. The number of ether oxygens (including phenoxy) is 3. The largest absolute Gasteiger partial charge is 0.472 e. The SMILES string of the molecule is C=C1[C@H]2[C@H](O[C@@H]3O[C@H](CO)[C@@H](O)[C@H](O)[C@H]3O)OC=C[C@H]2[C@H](O)[C@@H]1O. The molecule has 2 heterocycles. The van der Waals surface area contributed by atoms with E-state index in [0.717, 1.165) is 0 Å². The summed E-state index contributed by atoms with van der Waals surface area (Å²) in [7, 11) is 0. The Morgan fingerprint density at radius 2 is 1.71 bits per heavy atom. The molecule has 0 spiro atoms. The zero-order valence-corrected chi connectivity index (χ0v) is 12.8. The normalized spacial score (nSPS) is 51.3. The number of rotatable bonds is 3. The maximum atomic E-state index is 10.0. The van der Waals surface area contributed by atoms with Crippen LogP contribution in [0.25, 0.3) is 0 Å². The molecule has 1 saturated heterocycles. The van der Waals surface area contributed by atoms with Gasteiger partial charge in [-0.2, -0.15) is 0 Å². The average molecular weight is 346 g/mol. The van der Waals surface area contributed by atoms with Crippen LogP contribution in [0.2, 0.25) is 0 Å². The second-order valence-electron chi connectivity index (χ2n) is 6.28. The van der Waals surface area contributed by atoms with Crippen molar-refractivity contribution in [3.05, 3.63) is 24.5 Å². The highest BCUT2D eigenvalue weighted by Crippen LogP contribution is 2.43. The van der Waals surface area contributed by atoms with E-state index >= 15 is 0 Å². The number of hydrogen-bond acceptors (Lipinski definition) is 9. The lowest BCUT2D eigenvalue weighted by atomic mass is 9.91. The van der Waals surface area contributed by atoms with Crippen LogP contribution >= 0.6 is 0 Å². The van der Waals surface area contributed by atoms with Crippen molar-refractivity contribution < 1.29 is 44.8 Å². The fraction of sp³-hybridized carbons (Fsp3) is 0.733. The van der Waals surface area contributed by atoms with Crippen molar-refractivity contribution >= 4 is 0 Å². The molecule has 3 aliphatic rings. The fourth-order valence-electron chi connectivity index (χ4n) is 3.40. The van der Waals surface area contributed by atoms with Gasteiger partial charge in [-0.3, -0.25) is 0 Å². The van der Waals surface area contributed by atoms with Crippen LogP contribution in [-0.2, 0) is 14.2 Å². The Balaban J connectivity index is 1.75. The molecule has 10 atom stereocenters. The molecule has 0 radical (unpaired) electrons. The second kappa shape index (κ2) is 6.70. The Morgan fingerprint density at radius 3 is 2.38 bits per heavy atom. The van der Waals surface area contributed by atoms with E-state index in [4.69, 9.17) is 14.2 Å². The minimum absolute atomic E-state index is 0.325. The zero-order chi connectivity index (χ0) is 17.6. The second-order valence-corrected chi connectivity index (χ2v) is 6.28. The molecule has 0 unspecified atom stereocenters. The van der Waals surface area contributed by atoms with Gasteiger partial charge in [-0.1, -0.05) is 6.58 Å². The van der Waals surface area contributed by atoms with Crippen LogP contribution in [0.1, 0.15) is 0 Å². The Hall–Kier alpha value is -1.04. The van der Waals surface area contributed by atoms with E-state index < -0.39 is 67.6 Å².